The fourth-order valence-electron chi connectivity index (χ4n) is 2.42. The smallest absolute Gasteiger partial charge is 0.407 e. The maximum Gasteiger partial charge on any atom is 0.407 e. The molecular formula is C18H22N2O7. The van der Waals surface area contributed by atoms with Crippen LogP contribution >= 0.6 is 0 Å². The molecule has 9 nitrogen and oxygen atoms in total. The maximum absolute atomic E-state index is 12.1. The predicted molar refractivity (Wildman–Crippen MR) is 96.7 cm³/mol. The fraction of sp³-hybridized carbons (Fsp3) is 0.389. The van der Waals surface area contributed by atoms with Gasteiger partial charge < -0.3 is 30.4 Å². The minimum atomic E-state index is -1.34. The van der Waals surface area contributed by atoms with Gasteiger partial charge in [0.2, 0.25) is 5.43 Å². The van der Waals surface area contributed by atoms with Crippen molar-refractivity contribution in [1.29, 1.82) is 0 Å². The molecule has 1 aromatic heterocycles. The highest BCUT2D eigenvalue weighted by molar-refractivity contribution is 5.92. The number of carbonyl (C=O) groups is 2. The Morgan fingerprint density at radius 1 is 1.26 bits per heavy atom. The van der Waals surface area contributed by atoms with E-state index in [9.17, 15) is 24.6 Å². The third kappa shape index (κ3) is 5.05. The van der Waals surface area contributed by atoms with Gasteiger partial charge in [-0.05, 0) is 38.5 Å². The number of carboxylic acids is 1. The zero-order chi connectivity index (χ0) is 20.4. The largest absolute Gasteiger partial charge is 0.477 e. The highest BCUT2D eigenvalue weighted by Gasteiger charge is 2.22. The zero-order valence-electron chi connectivity index (χ0n) is 15.1. The standard InChI is InChI=1S/C18H22N2O7/c1-18(2,3)27-17(26)20-8-13(21)14(22)9-4-5-10-12(6-9)19-7-11(15(10)23)16(24)25/h4-7,13-14,21-22H,8H2,1-3H3,(H,19,23)(H,20,26)(H,24,25). The number of benzene rings is 1. The number of fused-ring (bicyclic) bond motifs is 1. The van der Waals surface area contributed by atoms with Crippen molar-refractivity contribution in [3.8, 4) is 0 Å². The lowest BCUT2D eigenvalue weighted by molar-refractivity contribution is 0.0130. The highest BCUT2D eigenvalue weighted by atomic mass is 16.6. The number of aliphatic hydroxyl groups excluding tert-OH is 2. The van der Waals surface area contributed by atoms with E-state index >= 15 is 0 Å². The molecule has 0 aliphatic rings. The summed E-state index contributed by atoms with van der Waals surface area (Å²) in [4.78, 5) is 37.4. The van der Waals surface area contributed by atoms with Gasteiger partial charge in [-0.25, -0.2) is 9.59 Å². The molecule has 2 aromatic rings. The van der Waals surface area contributed by atoms with Gasteiger partial charge in [0.15, 0.2) is 0 Å². The molecule has 0 saturated heterocycles. The molecule has 1 aromatic carbocycles. The van der Waals surface area contributed by atoms with E-state index in [1.54, 1.807) is 20.8 Å². The van der Waals surface area contributed by atoms with Gasteiger partial charge >= 0.3 is 12.1 Å². The van der Waals surface area contributed by atoms with Crippen molar-refractivity contribution in [1.82, 2.24) is 10.3 Å². The van der Waals surface area contributed by atoms with Crippen LogP contribution in [-0.4, -0.2) is 50.6 Å². The first-order valence-electron chi connectivity index (χ1n) is 8.21. The van der Waals surface area contributed by atoms with Crippen LogP contribution in [0.15, 0.2) is 29.2 Å². The van der Waals surface area contributed by atoms with Gasteiger partial charge in [0.1, 0.15) is 23.4 Å². The van der Waals surface area contributed by atoms with Crippen LogP contribution in [0.2, 0.25) is 0 Å². The lowest BCUT2D eigenvalue weighted by Gasteiger charge is -2.22. The van der Waals surface area contributed by atoms with Crippen LogP contribution in [0.3, 0.4) is 0 Å². The Morgan fingerprint density at radius 3 is 2.52 bits per heavy atom. The number of aromatic amines is 1. The average Bonchev–Trinajstić information content (AvgIpc) is 2.57. The van der Waals surface area contributed by atoms with Gasteiger partial charge in [-0.15, -0.1) is 0 Å². The van der Waals surface area contributed by atoms with Crippen LogP contribution in [0.4, 0.5) is 4.79 Å². The molecule has 1 amide bonds. The monoisotopic (exact) mass is 378 g/mol. The molecule has 0 bridgehead atoms. The third-order valence-electron chi connectivity index (χ3n) is 3.70. The summed E-state index contributed by atoms with van der Waals surface area (Å²) in [5.41, 5.74) is -1.12. The number of hydrogen-bond acceptors (Lipinski definition) is 6. The highest BCUT2D eigenvalue weighted by Crippen LogP contribution is 2.20. The molecule has 5 N–H and O–H groups in total. The predicted octanol–water partition coefficient (Wildman–Crippen LogP) is 1.15. The number of nitrogens with one attached hydrogen (secondary N) is 2. The minimum absolute atomic E-state index is 0.146. The average molecular weight is 378 g/mol. The molecule has 146 valence electrons. The van der Waals surface area contributed by atoms with Crippen molar-refractivity contribution >= 4 is 23.0 Å². The number of hydrogen-bond donors (Lipinski definition) is 5. The van der Waals surface area contributed by atoms with Gasteiger partial charge in [0.05, 0.1) is 0 Å². The van der Waals surface area contributed by atoms with E-state index in [0.717, 1.165) is 6.20 Å². The summed E-state index contributed by atoms with van der Waals surface area (Å²) >= 11 is 0. The second-order valence-corrected chi connectivity index (χ2v) is 7.04. The summed E-state index contributed by atoms with van der Waals surface area (Å²) in [5.74, 6) is -1.34. The number of carbonyl (C=O) groups excluding carboxylic acids is 1. The molecule has 0 aliphatic heterocycles. The van der Waals surface area contributed by atoms with Crippen molar-refractivity contribution in [3.05, 3.63) is 45.7 Å². The zero-order valence-corrected chi connectivity index (χ0v) is 15.1. The number of aromatic carboxylic acids is 1. The first-order valence-corrected chi connectivity index (χ1v) is 8.21. The number of pyridine rings is 1. The number of ether oxygens (including phenoxy) is 1. The lowest BCUT2D eigenvalue weighted by atomic mass is 10.0. The Morgan fingerprint density at radius 2 is 1.93 bits per heavy atom. The van der Waals surface area contributed by atoms with E-state index in [4.69, 9.17) is 9.84 Å². The molecular weight excluding hydrogens is 356 g/mol. The van der Waals surface area contributed by atoms with E-state index in [2.05, 4.69) is 10.3 Å². The third-order valence-corrected chi connectivity index (χ3v) is 3.70. The van der Waals surface area contributed by atoms with Gasteiger partial charge in [-0.3, -0.25) is 4.79 Å². The van der Waals surface area contributed by atoms with Crippen molar-refractivity contribution in [3.63, 3.8) is 0 Å². The van der Waals surface area contributed by atoms with Crippen LogP contribution in [0, 0.1) is 0 Å². The van der Waals surface area contributed by atoms with E-state index in [1.807, 2.05) is 0 Å². The fourth-order valence-corrected chi connectivity index (χ4v) is 2.42. The normalized spacial score (nSPS) is 13.8. The summed E-state index contributed by atoms with van der Waals surface area (Å²) in [6.45, 7) is 4.85. The molecule has 0 spiro atoms. The SMILES string of the molecule is CC(C)(C)OC(=O)NCC(O)C(O)c1ccc2c(=O)c(C(=O)O)c[nH]c2c1. The van der Waals surface area contributed by atoms with Crippen LogP contribution in [0.5, 0.6) is 0 Å². The van der Waals surface area contributed by atoms with E-state index in [-0.39, 0.29) is 11.9 Å². The number of rotatable bonds is 5. The number of alkyl carbamates (subject to hydrolysis) is 1. The minimum Gasteiger partial charge on any atom is -0.477 e. The van der Waals surface area contributed by atoms with Crippen molar-refractivity contribution in [2.24, 2.45) is 0 Å². The summed E-state index contributed by atoms with van der Waals surface area (Å²) in [6.07, 6.45) is -2.31. The summed E-state index contributed by atoms with van der Waals surface area (Å²) in [7, 11) is 0. The quantitative estimate of drug-likeness (QED) is 0.524. The summed E-state index contributed by atoms with van der Waals surface area (Å²) in [6, 6.07) is 4.21. The Balaban J connectivity index is 2.14. The Labute approximate surface area is 154 Å². The molecule has 0 saturated carbocycles. The molecule has 9 heteroatoms. The number of H-pyrrole nitrogens is 1. The van der Waals surface area contributed by atoms with E-state index in [0.29, 0.717) is 11.1 Å². The van der Waals surface area contributed by atoms with E-state index < -0.39 is 40.9 Å². The molecule has 1 heterocycles. The topological polar surface area (TPSA) is 149 Å². The summed E-state index contributed by atoms with van der Waals surface area (Å²) < 4.78 is 5.04. The van der Waals surface area contributed by atoms with Crippen LogP contribution in [-0.2, 0) is 4.74 Å². The second-order valence-electron chi connectivity index (χ2n) is 7.04. The van der Waals surface area contributed by atoms with Gasteiger partial charge in [-0.1, -0.05) is 6.07 Å². The van der Waals surface area contributed by atoms with Crippen LogP contribution in [0.1, 0.15) is 42.8 Å². The van der Waals surface area contributed by atoms with Crippen molar-refractivity contribution < 1.29 is 29.6 Å². The van der Waals surface area contributed by atoms with E-state index in [1.165, 1.54) is 18.2 Å². The number of amides is 1. The Bertz CT molecular complexity index is 914. The molecule has 0 aliphatic carbocycles. The first kappa shape index (κ1) is 20.4. The van der Waals surface area contributed by atoms with Crippen LogP contribution < -0.4 is 10.7 Å². The molecule has 2 atom stereocenters. The molecule has 0 fully saturated rings. The van der Waals surface area contributed by atoms with Crippen molar-refractivity contribution in [2.45, 2.75) is 38.6 Å². The lowest BCUT2D eigenvalue weighted by Crippen LogP contribution is -2.38. The Hall–Kier alpha value is -2.91. The van der Waals surface area contributed by atoms with Crippen LogP contribution in [0.25, 0.3) is 10.9 Å². The number of aromatic nitrogens is 1. The molecule has 2 rings (SSSR count). The van der Waals surface area contributed by atoms with Gasteiger partial charge in [-0.2, -0.15) is 0 Å². The number of aliphatic hydroxyl groups is 2. The molecule has 2 unspecified atom stereocenters. The van der Waals surface area contributed by atoms with Gasteiger partial charge in [0, 0.05) is 23.6 Å². The number of carboxylic acid groups (broad SMARTS) is 1. The second kappa shape index (κ2) is 7.77. The molecule has 0 radical (unpaired) electrons. The van der Waals surface area contributed by atoms with Gasteiger partial charge in [0.25, 0.3) is 0 Å². The first-order chi connectivity index (χ1) is 12.5. The van der Waals surface area contributed by atoms with Crippen molar-refractivity contribution in [2.75, 3.05) is 6.54 Å². The Kier molecular flexibility index (Phi) is 5.87. The summed E-state index contributed by atoms with van der Waals surface area (Å²) in [5, 5.41) is 31.9. The molecule has 27 heavy (non-hydrogen) atoms. The maximum atomic E-state index is 12.1.